The van der Waals surface area contributed by atoms with Gasteiger partial charge in [-0.3, -0.25) is 20.1 Å². The number of pyridine rings is 2. The third-order valence-corrected chi connectivity index (χ3v) is 6.90. The second-order valence-corrected chi connectivity index (χ2v) is 10.5. The first-order valence-corrected chi connectivity index (χ1v) is 12.8. The van der Waals surface area contributed by atoms with Crippen molar-refractivity contribution in [2.45, 2.75) is 26.4 Å². The highest BCUT2D eigenvalue weighted by atomic mass is 35.5. The minimum atomic E-state index is -0.989. The number of fused-ring (bicyclic) bond motifs is 1. The molecule has 11 heteroatoms. The number of anilines is 1. The molecule has 2 N–H and O–H groups in total. The molecule has 4 heterocycles. The molecule has 0 aliphatic rings. The number of aromatic nitrogens is 5. The van der Waals surface area contributed by atoms with Crippen LogP contribution in [0.1, 0.15) is 35.5 Å². The lowest BCUT2D eigenvalue weighted by molar-refractivity contribution is 0.0782. The number of hydrogen-bond donors (Lipinski definition) is 2. The number of amides is 1. The second kappa shape index (κ2) is 10.1. The molecule has 192 valence electrons. The Kier molecular flexibility index (Phi) is 6.78. The van der Waals surface area contributed by atoms with Crippen molar-refractivity contribution in [2.24, 2.45) is 0 Å². The fourth-order valence-corrected chi connectivity index (χ4v) is 4.79. The van der Waals surface area contributed by atoms with Gasteiger partial charge in [0.1, 0.15) is 11.4 Å². The van der Waals surface area contributed by atoms with E-state index in [-0.39, 0.29) is 0 Å². The Bertz CT molecular complexity index is 1660. The van der Waals surface area contributed by atoms with Crippen LogP contribution in [-0.2, 0) is 5.60 Å². The van der Waals surface area contributed by atoms with Gasteiger partial charge in [-0.15, -0.1) is 0 Å². The first kappa shape index (κ1) is 25.7. The molecule has 5 aromatic rings. The Morgan fingerprint density at radius 2 is 1.82 bits per heavy atom. The number of rotatable bonds is 6. The normalized spacial score (nSPS) is 11.5. The van der Waals surface area contributed by atoms with Gasteiger partial charge in [-0.1, -0.05) is 29.0 Å². The Morgan fingerprint density at radius 1 is 1.00 bits per heavy atom. The summed E-state index contributed by atoms with van der Waals surface area (Å²) in [5.41, 5.74) is 3.66. The molecule has 0 bridgehead atoms. The minimum Gasteiger partial charge on any atom is -0.496 e. The first-order chi connectivity index (χ1) is 18.1. The van der Waals surface area contributed by atoms with Crippen LogP contribution in [0.15, 0.2) is 55.0 Å². The number of thiazole rings is 1. The van der Waals surface area contributed by atoms with Crippen molar-refractivity contribution >= 4 is 44.5 Å². The molecule has 38 heavy (non-hydrogen) atoms. The lowest BCUT2D eigenvalue weighted by atomic mass is 9.99. The van der Waals surface area contributed by atoms with Gasteiger partial charge in [0.15, 0.2) is 15.6 Å². The SMILES string of the molecule is COc1ccc(Cl)cc1-c1cc(C)ncc1C(=O)Nc1nc2ncc(-c3ccc(C(C)(C)O)cn3)nc2s1. The molecular weight excluding hydrogens is 524 g/mol. The topological polar surface area (TPSA) is 123 Å². The summed E-state index contributed by atoms with van der Waals surface area (Å²) in [6.07, 6.45) is 4.71. The average molecular weight is 547 g/mol. The third-order valence-electron chi connectivity index (χ3n) is 5.81. The number of nitrogens with one attached hydrogen (secondary N) is 1. The maximum Gasteiger partial charge on any atom is 0.259 e. The van der Waals surface area contributed by atoms with E-state index >= 15 is 0 Å². The number of ether oxygens (including phenoxy) is 1. The van der Waals surface area contributed by atoms with Crippen LogP contribution in [0.3, 0.4) is 0 Å². The number of nitrogens with zero attached hydrogens (tertiary/aromatic N) is 5. The van der Waals surface area contributed by atoms with Crippen molar-refractivity contribution in [3.63, 3.8) is 0 Å². The summed E-state index contributed by atoms with van der Waals surface area (Å²) in [4.78, 5) is 36.1. The molecule has 0 atom stereocenters. The predicted octanol–water partition coefficient (Wildman–Crippen LogP) is 5.66. The van der Waals surface area contributed by atoms with Crippen LogP contribution in [0.4, 0.5) is 5.13 Å². The Balaban J connectivity index is 1.44. The molecule has 0 saturated carbocycles. The molecule has 0 aliphatic heterocycles. The molecule has 4 aromatic heterocycles. The molecule has 5 rings (SSSR count). The molecular formula is C27H23ClN6O3S. The van der Waals surface area contributed by atoms with E-state index in [1.165, 1.54) is 17.5 Å². The van der Waals surface area contributed by atoms with Crippen molar-refractivity contribution in [3.8, 4) is 28.3 Å². The molecule has 0 fully saturated rings. The highest BCUT2D eigenvalue weighted by Gasteiger charge is 2.20. The number of halogens is 1. The van der Waals surface area contributed by atoms with Gasteiger partial charge in [-0.2, -0.15) is 4.98 Å². The van der Waals surface area contributed by atoms with E-state index in [0.717, 1.165) is 5.69 Å². The maximum atomic E-state index is 13.4. The summed E-state index contributed by atoms with van der Waals surface area (Å²) in [6.45, 7) is 5.24. The highest BCUT2D eigenvalue weighted by Crippen LogP contribution is 2.35. The predicted molar refractivity (Wildman–Crippen MR) is 148 cm³/mol. The summed E-state index contributed by atoms with van der Waals surface area (Å²) < 4.78 is 5.50. The summed E-state index contributed by atoms with van der Waals surface area (Å²) in [6, 6.07) is 10.6. The van der Waals surface area contributed by atoms with Gasteiger partial charge in [-0.25, -0.2) is 9.97 Å². The fraction of sp³-hybridized carbons (Fsp3) is 0.185. The summed E-state index contributed by atoms with van der Waals surface area (Å²) in [5.74, 6) is 0.192. The minimum absolute atomic E-state index is 0.341. The van der Waals surface area contributed by atoms with Gasteiger partial charge in [0.2, 0.25) is 0 Å². The van der Waals surface area contributed by atoms with Crippen LogP contribution in [0.5, 0.6) is 5.75 Å². The average Bonchev–Trinajstić information content (AvgIpc) is 3.29. The summed E-state index contributed by atoms with van der Waals surface area (Å²) >= 11 is 7.45. The molecule has 1 aromatic carbocycles. The van der Waals surface area contributed by atoms with Gasteiger partial charge in [0.25, 0.3) is 5.91 Å². The van der Waals surface area contributed by atoms with Crippen molar-refractivity contribution in [3.05, 3.63) is 76.8 Å². The van der Waals surface area contributed by atoms with Gasteiger partial charge < -0.3 is 9.84 Å². The molecule has 0 saturated heterocycles. The number of methoxy groups -OCH3 is 1. The van der Waals surface area contributed by atoms with Gasteiger partial charge >= 0.3 is 0 Å². The second-order valence-electron chi connectivity index (χ2n) is 9.06. The molecule has 1 amide bonds. The monoisotopic (exact) mass is 546 g/mol. The largest absolute Gasteiger partial charge is 0.496 e. The Labute approximate surface area is 227 Å². The van der Waals surface area contributed by atoms with Crippen LogP contribution >= 0.6 is 22.9 Å². The number of hydrogen-bond acceptors (Lipinski definition) is 9. The zero-order valence-electron chi connectivity index (χ0n) is 21.0. The molecule has 0 spiro atoms. The first-order valence-electron chi connectivity index (χ1n) is 11.6. The van der Waals surface area contributed by atoms with Gasteiger partial charge in [-0.05, 0) is 51.1 Å². The van der Waals surface area contributed by atoms with Crippen molar-refractivity contribution in [1.82, 2.24) is 24.9 Å². The van der Waals surface area contributed by atoms with Crippen molar-refractivity contribution in [1.29, 1.82) is 0 Å². The van der Waals surface area contributed by atoms with Crippen LogP contribution in [0, 0.1) is 6.92 Å². The lowest BCUT2D eigenvalue weighted by Gasteiger charge is -2.17. The molecule has 0 unspecified atom stereocenters. The number of carbonyl (C=O) groups is 1. The third kappa shape index (κ3) is 5.19. The number of aryl methyl sites for hydroxylation is 1. The zero-order valence-corrected chi connectivity index (χ0v) is 22.6. The number of aliphatic hydroxyl groups is 1. The van der Waals surface area contributed by atoms with Crippen LogP contribution < -0.4 is 10.1 Å². The van der Waals surface area contributed by atoms with Crippen LogP contribution in [0.2, 0.25) is 5.02 Å². The van der Waals surface area contributed by atoms with E-state index in [1.54, 1.807) is 63.7 Å². The highest BCUT2D eigenvalue weighted by molar-refractivity contribution is 7.21. The van der Waals surface area contributed by atoms with E-state index < -0.39 is 11.5 Å². The summed E-state index contributed by atoms with van der Waals surface area (Å²) in [7, 11) is 1.56. The Hall–Kier alpha value is -3.99. The smallest absolute Gasteiger partial charge is 0.259 e. The maximum absolute atomic E-state index is 13.4. The van der Waals surface area contributed by atoms with E-state index in [0.29, 0.717) is 60.0 Å². The number of benzene rings is 1. The fourth-order valence-electron chi connectivity index (χ4n) is 3.82. The van der Waals surface area contributed by atoms with Crippen LogP contribution in [0.25, 0.3) is 33.0 Å². The Morgan fingerprint density at radius 3 is 2.53 bits per heavy atom. The quantitative estimate of drug-likeness (QED) is 0.279. The standard InChI is InChI=1S/C27H23ClN6O3S/c1-14-9-17(18-10-16(28)6-8-22(18)37-4)19(12-29-14)24(35)34-26-33-23-25(38-26)32-21(13-31-23)20-7-5-15(11-30-20)27(2,3)36/h5-13,36H,1-4H3,(H,31,33,34,35). The van der Waals surface area contributed by atoms with E-state index in [1.807, 2.05) is 13.0 Å². The van der Waals surface area contributed by atoms with E-state index in [9.17, 15) is 9.90 Å². The summed E-state index contributed by atoms with van der Waals surface area (Å²) in [5, 5.41) is 13.9. The van der Waals surface area contributed by atoms with Crippen LogP contribution in [-0.4, -0.2) is 43.0 Å². The molecule has 9 nitrogen and oxygen atoms in total. The van der Waals surface area contributed by atoms with Gasteiger partial charge in [0.05, 0.1) is 30.2 Å². The van der Waals surface area contributed by atoms with Crippen molar-refractivity contribution in [2.75, 3.05) is 12.4 Å². The van der Waals surface area contributed by atoms with Gasteiger partial charge in [0, 0.05) is 39.8 Å². The van der Waals surface area contributed by atoms with E-state index in [2.05, 4.69) is 30.2 Å². The molecule has 0 aliphatic carbocycles. The van der Waals surface area contributed by atoms with Crippen molar-refractivity contribution < 1.29 is 14.6 Å². The molecule has 0 radical (unpaired) electrons. The zero-order chi connectivity index (χ0) is 27.0. The van der Waals surface area contributed by atoms with E-state index in [4.69, 9.17) is 16.3 Å². The number of carbonyl (C=O) groups excluding carboxylic acids is 1. The lowest BCUT2D eigenvalue weighted by Crippen LogP contribution is -2.15.